The predicted octanol–water partition coefficient (Wildman–Crippen LogP) is 2.39. The summed E-state index contributed by atoms with van der Waals surface area (Å²) in [5, 5.41) is 13.0. The van der Waals surface area contributed by atoms with Crippen LogP contribution in [0.1, 0.15) is 58.3 Å². The first-order valence-corrected chi connectivity index (χ1v) is 8.43. The quantitative estimate of drug-likeness (QED) is 0.744. The summed E-state index contributed by atoms with van der Waals surface area (Å²) in [6.45, 7) is 5.69. The lowest BCUT2D eigenvalue weighted by Crippen LogP contribution is -2.47. The lowest BCUT2D eigenvalue weighted by Gasteiger charge is -2.38. The van der Waals surface area contributed by atoms with Gasteiger partial charge < -0.3 is 10.4 Å². The second-order valence-corrected chi connectivity index (χ2v) is 6.37. The Labute approximate surface area is 118 Å². The zero-order valence-electron chi connectivity index (χ0n) is 12.6. The Hall–Kier alpha value is -0.120. The number of hydrogen-bond acceptors (Lipinski definition) is 3. The highest BCUT2D eigenvalue weighted by Gasteiger charge is 2.29. The molecule has 0 heterocycles. The van der Waals surface area contributed by atoms with Crippen molar-refractivity contribution in [1.29, 1.82) is 0 Å². The van der Waals surface area contributed by atoms with E-state index in [0.717, 1.165) is 25.0 Å². The minimum Gasteiger partial charge on any atom is -0.395 e. The largest absolute Gasteiger partial charge is 0.395 e. The average molecular weight is 268 g/mol. The maximum absolute atomic E-state index is 9.34. The summed E-state index contributed by atoms with van der Waals surface area (Å²) in [6.07, 6.45) is 10.9. The molecule has 3 nitrogen and oxygen atoms in total. The minimum atomic E-state index is 0.315. The van der Waals surface area contributed by atoms with E-state index in [1.165, 1.54) is 57.9 Å². The van der Waals surface area contributed by atoms with E-state index in [-0.39, 0.29) is 0 Å². The van der Waals surface area contributed by atoms with Gasteiger partial charge in [0.1, 0.15) is 0 Å². The average Bonchev–Trinajstić information content (AvgIpc) is 2.94. The van der Waals surface area contributed by atoms with E-state index in [4.69, 9.17) is 0 Å². The number of hydrogen-bond donors (Lipinski definition) is 2. The van der Waals surface area contributed by atoms with Gasteiger partial charge in [-0.1, -0.05) is 32.6 Å². The first kappa shape index (κ1) is 15.3. The van der Waals surface area contributed by atoms with Gasteiger partial charge in [0.2, 0.25) is 0 Å². The summed E-state index contributed by atoms with van der Waals surface area (Å²) < 4.78 is 0. The molecule has 2 saturated carbocycles. The molecule has 0 aliphatic heterocycles. The van der Waals surface area contributed by atoms with Gasteiger partial charge in [0.25, 0.3) is 0 Å². The third kappa shape index (κ3) is 4.44. The third-order valence-electron chi connectivity index (χ3n) is 5.07. The van der Waals surface area contributed by atoms with E-state index < -0.39 is 0 Å². The van der Waals surface area contributed by atoms with Gasteiger partial charge >= 0.3 is 0 Å². The van der Waals surface area contributed by atoms with Gasteiger partial charge in [-0.15, -0.1) is 0 Å². The lowest BCUT2D eigenvalue weighted by atomic mass is 9.83. The highest BCUT2D eigenvalue weighted by Crippen LogP contribution is 2.29. The lowest BCUT2D eigenvalue weighted by molar-refractivity contribution is 0.107. The number of aliphatic hydroxyl groups excluding tert-OH is 1. The Morgan fingerprint density at radius 1 is 1.05 bits per heavy atom. The van der Waals surface area contributed by atoms with Gasteiger partial charge in [-0.3, -0.25) is 4.90 Å². The summed E-state index contributed by atoms with van der Waals surface area (Å²) in [5.41, 5.74) is 0. The topological polar surface area (TPSA) is 35.5 Å². The summed E-state index contributed by atoms with van der Waals surface area (Å²) in [4.78, 5) is 2.59. The molecule has 0 radical (unpaired) electrons. The van der Waals surface area contributed by atoms with E-state index in [2.05, 4.69) is 17.1 Å². The molecule has 3 heteroatoms. The first-order chi connectivity index (χ1) is 9.35. The number of aliphatic hydroxyl groups is 1. The number of nitrogens with one attached hydrogen (secondary N) is 1. The highest BCUT2D eigenvalue weighted by atomic mass is 16.3. The second-order valence-electron chi connectivity index (χ2n) is 6.37. The standard InChI is InChI=1S/C16H32N2O/c1-2-17-16-10-6-3-7-14(16)13-18(11-12-19)15-8-4-5-9-15/h14-17,19H,2-13H2,1H3. The van der Waals surface area contributed by atoms with E-state index in [1.54, 1.807) is 0 Å². The molecule has 2 atom stereocenters. The van der Waals surface area contributed by atoms with E-state index in [9.17, 15) is 5.11 Å². The van der Waals surface area contributed by atoms with Crippen LogP contribution in [0.4, 0.5) is 0 Å². The first-order valence-electron chi connectivity index (χ1n) is 8.43. The normalized spacial score (nSPS) is 29.2. The van der Waals surface area contributed by atoms with Crippen molar-refractivity contribution in [3.05, 3.63) is 0 Å². The zero-order chi connectivity index (χ0) is 13.5. The minimum absolute atomic E-state index is 0.315. The van der Waals surface area contributed by atoms with Gasteiger partial charge in [-0.2, -0.15) is 0 Å². The Bertz CT molecular complexity index is 239. The Balaban J connectivity index is 1.89. The smallest absolute Gasteiger partial charge is 0.0558 e. The van der Waals surface area contributed by atoms with Gasteiger partial charge in [-0.05, 0) is 38.1 Å². The molecule has 2 fully saturated rings. The molecular formula is C16H32N2O. The SMILES string of the molecule is CCNC1CCCCC1CN(CCO)C1CCCC1. The Kier molecular flexibility index (Phi) is 6.62. The van der Waals surface area contributed by atoms with E-state index >= 15 is 0 Å². The molecule has 19 heavy (non-hydrogen) atoms. The van der Waals surface area contributed by atoms with Crippen LogP contribution in [0.5, 0.6) is 0 Å². The molecule has 2 unspecified atom stereocenters. The van der Waals surface area contributed by atoms with Crippen LogP contribution in [0.25, 0.3) is 0 Å². The van der Waals surface area contributed by atoms with E-state index in [1.807, 2.05) is 0 Å². The van der Waals surface area contributed by atoms with Crippen molar-refractivity contribution < 1.29 is 5.11 Å². The molecule has 2 rings (SSSR count). The molecule has 0 aromatic heterocycles. The molecule has 112 valence electrons. The molecule has 0 amide bonds. The number of nitrogens with zero attached hydrogens (tertiary/aromatic N) is 1. The van der Waals surface area contributed by atoms with Crippen molar-refractivity contribution in [2.45, 2.75) is 70.4 Å². The predicted molar refractivity (Wildman–Crippen MR) is 80.3 cm³/mol. The van der Waals surface area contributed by atoms with E-state index in [0.29, 0.717) is 12.6 Å². The Morgan fingerprint density at radius 3 is 2.42 bits per heavy atom. The van der Waals surface area contributed by atoms with Crippen molar-refractivity contribution in [3.63, 3.8) is 0 Å². The summed E-state index contributed by atoms with van der Waals surface area (Å²) in [5.74, 6) is 0.792. The Morgan fingerprint density at radius 2 is 1.74 bits per heavy atom. The van der Waals surface area contributed by atoms with Crippen molar-refractivity contribution in [1.82, 2.24) is 10.2 Å². The summed E-state index contributed by atoms with van der Waals surface area (Å²) in [7, 11) is 0. The fourth-order valence-corrected chi connectivity index (χ4v) is 4.08. The maximum atomic E-state index is 9.34. The summed E-state index contributed by atoms with van der Waals surface area (Å²) >= 11 is 0. The van der Waals surface area contributed by atoms with Gasteiger partial charge in [0.15, 0.2) is 0 Å². The van der Waals surface area contributed by atoms with Crippen LogP contribution in [-0.4, -0.2) is 48.3 Å². The highest BCUT2D eigenvalue weighted by molar-refractivity contribution is 4.86. The second kappa shape index (κ2) is 8.23. The molecule has 0 bridgehead atoms. The molecule has 2 aliphatic rings. The van der Waals surface area contributed by atoms with Crippen LogP contribution in [0, 0.1) is 5.92 Å². The molecule has 0 aromatic carbocycles. The van der Waals surface area contributed by atoms with Crippen LogP contribution in [0.2, 0.25) is 0 Å². The van der Waals surface area contributed by atoms with Crippen LogP contribution in [-0.2, 0) is 0 Å². The van der Waals surface area contributed by atoms with Crippen molar-refractivity contribution >= 4 is 0 Å². The van der Waals surface area contributed by atoms with Crippen molar-refractivity contribution in [3.8, 4) is 0 Å². The van der Waals surface area contributed by atoms with Gasteiger partial charge in [0, 0.05) is 25.2 Å². The molecule has 0 aromatic rings. The number of rotatable bonds is 7. The van der Waals surface area contributed by atoms with Crippen LogP contribution >= 0.6 is 0 Å². The maximum Gasteiger partial charge on any atom is 0.0558 e. The zero-order valence-corrected chi connectivity index (χ0v) is 12.6. The monoisotopic (exact) mass is 268 g/mol. The van der Waals surface area contributed by atoms with Crippen molar-refractivity contribution in [2.75, 3.05) is 26.2 Å². The molecule has 2 N–H and O–H groups in total. The molecule has 2 aliphatic carbocycles. The van der Waals surface area contributed by atoms with Gasteiger partial charge in [0.05, 0.1) is 6.61 Å². The van der Waals surface area contributed by atoms with Gasteiger partial charge in [-0.25, -0.2) is 0 Å². The fourth-order valence-electron chi connectivity index (χ4n) is 4.08. The van der Waals surface area contributed by atoms with Crippen LogP contribution < -0.4 is 5.32 Å². The fraction of sp³-hybridized carbons (Fsp3) is 1.00. The van der Waals surface area contributed by atoms with Crippen molar-refractivity contribution in [2.24, 2.45) is 5.92 Å². The molecular weight excluding hydrogens is 236 g/mol. The van der Waals surface area contributed by atoms with Crippen LogP contribution in [0.3, 0.4) is 0 Å². The molecule has 0 spiro atoms. The molecule has 0 saturated heterocycles. The third-order valence-corrected chi connectivity index (χ3v) is 5.07. The summed E-state index contributed by atoms with van der Waals surface area (Å²) in [6, 6.07) is 1.46. The van der Waals surface area contributed by atoms with Crippen LogP contribution in [0.15, 0.2) is 0 Å².